The van der Waals surface area contributed by atoms with Gasteiger partial charge in [-0.2, -0.15) is 0 Å². The summed E-state index contributed by atoms with van der Waals surface area (Å²) in [5, 5.41) is 3.01. The van der Waals surface area contributed by atoms with Crippen molar-refractivity contribution >= 4 is 15.9 Å². The Morgan fingerprint density at radius 1 is 1.30 bits per heavy atom. The van der Waals surface area contributed by atoms with E-state index < -0.39 is 10.0 Å². The average molecular weight is 340 g/mol. The highest BCUT2D eigenvalue weighted by Crippen LogP contribution is 2.26. The molecule has 1 aromatic carbocycles. The normalized spacial score (nSPS) is 18.4. The number of para-hydroxylation sites is 1. The Hall–Kier alpha value is -1.60. The maximum absolute atomic E-state index is 12.4. The third-order valence-corrected chi connectivity index (χ3v) is 5.56. The Labute approximate surface area is 137 Å². The van der Waals surface area contributed by atoms with E-state index in [-0.39, 0.29) is 17.9 Å². The van der Waals surface area contributed by atoms with Crippen LogP contribution in [0.5, 0.6) is 5.75 Å². The molecule has 1 N–H and O–H groups in total. The molecule has 0 aromatic heterocycles. The van der Waals surface area contributed by atoms with E-state index in [2.05, 4.69) is 5.32 Å². The van der Waals surface area contributed by atoms with Gasteiger partial charge < -0.3 is 10.1 Å². The van der Waals surface area contributed by atoms with E-state index in [4.69, 9.17) is 4.74 Å². The molecule has 1 aliphatic heterocycles. The second-order valence-corrected chi connectivity index (χ2v) is 7.89. The highest BCUT2D eigenvalue weighted by atomic mass is 32.2. The van der Waals surface area contributed by atoms with Crippen LogP contribution in [0.4, 0.5) is 0 Å². The predicted molar refractivity (Wildman–Crippen MR) is 88.7 cm³/mol. The van der Waals surface area contributed by atoms with Crippen molar-refractivity contribution in [3.8, 4) is 5.75 Å². The Bertz CT molecular complexity index is 652. The number of piperidine rings is 1. The molecular formula is C16H24N2O4S. The van der Waals surface area contributed by atoms with Crippen LogP contribution in [-0.4, -0.2) is 45.1 Å². The molecule has 0 spiro atoms. The van der Waals surface area contributed by atoms with Gasteiger partial charge in [-0.05, 0) is 25.8 Å². The third kappa shape index (κ3) is 4.45. The van der Waals surface area contributed by atoms with Crippen molar-refractivity contribution in [1.82, 2.24) is 9.62 Å². The summed E-state index contributed by atoms with van der Waals surface area (Å²) < 4.78 is 29.8. The quantitative estimate of drug-likeness (QED) is 0.882. The molecule has 1 atom stereocenters. The van der Waals surface area contributed by atoms with Crippen LogP contribution in [0, 0.1) is 5.92 Å². The van der Waals surface area contributed by atoms with Crippen LogP contribution in [0.15, 0.2) is 24.3 Å². The number of sulfonamides is 1. The van der Waals surface area contributed by atoms with Crippen LogP contribution in [0.2, 0.25) is 0 Å². The van der Waals surface area contributed by atoms with E-state index in [0.717, 1.165) is 11.3 Å². The van der Waals surface area contributed by atoms with E-state index in [1.54, 1.807) is 7.11 Å². The number of nitrogens with one attached hydrogen (secondary N) is 1. The van der Waals surface area contributed by atoms with Gasteiger partial charge in [-0.25, -0.2) is 12.7 Å². The Balaban J connectivity index is 1.95. The zero-order valence-electron chi connectivity index (χ0n) is 13.8. The summed E-state index contributed by atoms with van der Waals surface area (Å²) in [6.07, 6.45) is 2.31. The molecule has 2 rings (SSSR count). The van der Waals surface area contributed by atoms with Crippen molar-refractivity contribution in [3.63, 3.8) is 0 Å². The second-order valence-electron chi connectivity index (χ2n) is 5.91. The van der Waals surface area contributed by atoms with Gasteiger partial charge in [-0.3, -0.25) is 4.79 Å². The molecule has 1 heterocycles. The van der Waals surface area contributed by atoms with Gasteiger partial charge in [0.15, 0.2) is 0 Å². The minimum atomic E-state index is -3.16. The van der Waals surface area contributed by atoms with Gasteiger partial charge in [0.05, 0.1) is 19.4 Å². The van der Waals surface area contributed by atoms with Crippen molar-refractivity contribution in [2.24, 2.45) is 5.92 Å². The summed E-state index contributed by atoms with van der Waals surface area (Å²) in [5.74, 6) is 0.564. The lowest BCUT2D eigenvalue weighted by Gasteiger charge is -2.30. The fourth-order valence-electron chi connectivity index (χ4n) is 2.88. The number of carbonyl (C=O) groups excluding carboxylic acids is 1. The van der Waals surface area contributed by atoms with Gasteiger partial charge in [0, 0.05) is 24.6 Å². The molecule has 7 heteroatoms. The predicted octanol–water partition coefficient (Wildman–Crippen LogP) is 1.54. The molecule has 1 fully saturated rings. The summed E-state index contributed by atoms with van der Waals surface area (Å²) in [5.41, 5.74) is 0.928. The van der Waals surface area contributed by atoms with E-state index >= 15 is 0 Å². The molecule has 0 bridgehead atoms. The third-order valence-electron chi connectivity index (χ3n) is 4.26. The monoisotopic (exact) mass is 340 g/mol. The second kappa shape index (κ2) is 7.31. The summed E-state index contributed by atoms with van der Waals surface area (Å²) >= 11 is 0. The summed E-state index contributed by atoms with van der Waals surface area (Å²) in [4.78, 5) is 12.4. The molecule has 1 amide bonds. The number of ether oxygens (including phenoxy) is 1. The summed E-state index contributed by atoms with van der Waals surface area (Å²) in [7, 11) is -1.56. The lowest BCUT2D eigenvalue weighted by molar-refractivity contribution is -0.126. The first-order valence-electron chi connectivity index (χ1n) is 7.71. The maximum atomic E-state index is 12.4. The first kappa shape index (κ1) is 17.7. The fraction of sp³-hybridized carbons (Fsp3) is 0.562. The topological polar surface area (TPSA) is 75.7 Å². The standard InChI is InChI=1S/C16H24N2O4S/c1-12(14-6-4-5-7-15(14)22-2)17-16(19)13-8-10-18(11-9-13)23(3,20)21/h4-7,12-13H,8-11H2,1-3H3,(H,17,19). The molecular weight excluding hydrogens is 316 g/mol. The lowest BCUT2D eigenvalue weighted by atomic mass is 9.96. The molecule has 6 nitrogen and oxygen atoms in total. The fourth-order valence-corrected chi connectivity index (χ4v) is 3.76. The highest BCUT2D eigenvalue weighted by molar-refractivity contribution is 7.88. The Morgan fingerprint density at radius 2 is 1.91 bits per heavy atom. The van der Waals surface area contributed by atoms with Gasteiger partial charge in [0.25, 0.3) is 0 Å². The number of carbonyl (C=O) groups is 1. The first-order chi connectivity index (χ1) is 10.8. The largest absolute Gasteiger partial charge is 0.496 e. The lowest BCUT2D eigenvalue weighted by Crippen LogP contribution is -2.43. The number of benzene rings is 1. The molecule has 0 radical (unpaired) electrons. The molecule has 0 aliphatic carbocycles. The van der Waals surface area contributed by atoms with Crippen molar-refractivity contribution in [1.29, 1.82) is 0 Å². The van der Waals surface area contributed by atoms with E-state index in [1.165, 1.54) is 10.6 Å². The number of hydrogen-bond donors (Lipinski definition) is 1. The highest BCUT2D eigenvalue weighted by Gasteiger charge is 2.29. The number of hydrogen-bond acceptors (Lipinski definition) is 4. The smallest absolute Gasteiger partial charge is 0.223 e. The number of methoxy groups -OCH3 is 1. The molecule has 0 saturated carbocycles. The van der Waals surface area contributed by atoms with Gasteiger partial charge in [-0.1, -0.05) is 18.2 Å². The van der Waals surface area contributed by atoms with E-state index in [0.29, 0.717) is 25.9 Å². The van der Waals surface area contributed by atoms with Gasteiger partial charge in [-0.15, -0.1) is 0 Å². The minimum absolute atomic E-state index is 0.0310. The van der Waals surface area contributed by atoms with Crippen LogP contribution in [0.1, 0.15) is 31.4 Å². The molecule has 1 aliphatic rings. The number of rotatable bonds is 5. The Kier molecular flexibility index (Phi) is 5.64. The van der Waals surface area contributed by atoms with Gasteiger partial charge in [0.2, 0.25) is 15.9 Å². The zero-order chi connectivity index (χ0) is 17.0. The number of amides is 1. The number of nitrogens with zero attached hydrogens (tertiary/aromatic N) is 1. The summed E-state index contributed by atoms with van der Waals surface area (Å²) in [6, 6.07) is 7.42. The molecule has 128 valence electrons. The maximum Gasteiger partial charge on any atom is 0.223 e. The van der Waals surface area contributed by atoms with Gasteiger partial charge in [0.1, 0.15) is 5.75 Å². The van der Waals surface area contributed by atoms with Crippen molar-refractivity contribution in [3.05, 3.63) is 29.8 Å². The van der Waals surface area contributed by atoms with Crippen molar-refractivity contribution in [2.45, 2.75) is 25.8 Å². The zero-order valence-corrected chi connectivity index (χ0v) is 14.6. The Morgan fingerprint density at radius 3 is 2.48 bits per heavy atom. The van der Waals surface area contributed by atoms with Crippen LogP contribution >= 0.6 is 0 Å². The SMILES string of the molecule is COc1ccccc1C(C)NC(=O)C1CCN(S(C)(=O)=O)CC1. The van der Waals surface area contributed by atoms with Gasteiger partial charge >= 0.3 is 0 Å². The van der Waals surface area contributed by atoms with E-state index in [9.17, 15) is 13.2 Å². The first-order valence-corrected chi connectivity index (χ1v) is 9.56. The molecule has 23 heavy (non-hydrogen) atoms. The van der Waals surface area contributed by atoms with Crippen LogP contribution in [0.25, 0.3) is 0 Å². The summed E-state index contributed by atoms with van der Waals surface area (Å²) in [6.45, 7) is 2.72. The van der Waals surface area contributed by atoms with Crippen LogP contribution in [-0.2, 0) is 14.8 Å². The van der Waals surface area contributed by atoms with E-state index in [1.807, 2.05) is 31.2 Å². The van der Waals surface area contributed by atoms with Crippen molar-refractivity contribution < 1.29 is 17.9 Å². The molecule has 1 aromatic rings. The van der Waals surface area contributed by atoms with Crippen LogP contribution < -0.4 is 10.1 Å². The average Bonchev–Trinajstić information content (AvgIpc) is 2.54. The minimum Gasteiger partial charge on any atom is -0.496 e. The molecule has 1 unspecified atom stereocenters. The van der Waals surface area contributed by atoms with Crippen molar-refractivity contribution in [2.75, 3.05) is 26.5 Å². The van der Waals surface area contributed by atoms with Crippen LogP contribution in [0.3, 0.4) is 0 Å². The molecule has 1 saturated heterocycles.